The van der Waals surface area contributed by atoms with Crippen LogP contribution in [-0.4, -0.2) is 26.9 Å². The number of hydrogen-bond donors (Lipinski definition) is 2. The normalized spacial score (nSPS) is 11.1. The zero-order valence-electron chi connectivity index (χ0n) is 19.2. The lowest BCUT2D eigenvalue weighted by atomic mass is 9.99. The second-order valence-corrected chi connectivity index (χ2v) is 8.21. The quantitative estimate of drug-likeness (QED) is 0.398. The number of hydrogen-bond acceptors (Lipinski definition) is 5. The molecule has 170 valence electrons. The van der Waals surface area contributed by atoms with Gasteiger partial charge in [0.15, 0.2) is 0 Å². The van der Waals surface area contributed by atoms with Gasteiger partial charge in [-0.1, -0.05) is 42.5 Å². The molecule has 0 spiro atoms. The summed E-state index contributed by atoms with van der Waals surface area (Å²) in [4.78, 5) is 22.6. The Morgan fingerprint density at radius 2 is 1.65 bits per heavy atom. The van der Waals surface area contributed by atoms with Crippen LogP contribution in [0.2, 0.25) is 0 Å². The average Bonchev–Trinajstić information content (AvgIpc) is 3.15. The van der Waals surface area contributed by atoms with Crippen molar-refractivity contribution in [1.29, 1.82) is 0 Å². The molecule has 0 atom stereocenters. The number of anilines is 1. The van der Waals surface area contributed by atoms with E-state index in [4.69, 9.17) is 10.5 Å². The van der Waals surface area contributed by atoms with Crippen LogP contribution < -0.4 is 20.6 Å². The van der Waals surface area contributed by atoms with E-state index >= 15 is 0 Å². The number of nitrogens with zero attached hydrogens (tertiary/aromatic N) is 4. The Kier molecular flexibility index (Phi) is 5.33. The maximum absolute atomic E-state index is 13.4. The van der Waals surface area contributed by atoms with E-state index in [1.54, 1.807) is 7.11 Å². The Balaban J connectivity index is 1.77. The number of aromatic amines is 1. The topological polar surface area (TPSA) is 103 Å². The van der Waals surface area contributed by atoms with Crippen molar-refractivity contribution in [3.05, 3.63) is 94.2 Å². The average molecular weight is 454 g/mol. The molecule has 0 aliphatic carbocycles. The molecular formula is C26H25N6O2+. The number of ether oxygens (including phenoxy) is 1. The first-order valence-electron chi connectivity index (χ1n) is 10.9. The molecule has 2 aromatic carbocycles. The predicted octanol–water partition coefficient (Wildman–Crippen LogP) is 3.30. The highest BCUT2D eigenvalue weighted by Gasteiger charge is 2.26. The van der Waals surface area contributed by atoms with E-state index in [0.29, 0.717) is 17.9 Å². The minimum absolute atomic E-state index is 0.120. The third-order valence-electron chi connectivity index (χ3n) is 5.73. The number of nitrogen functional groups attached to an aromatic ring is 1. The van der Waals surface area contributed by atoms with Crippen LogP contribution in [0.1, 0.15) is 17.0 Å². The first-order valence-corrected chi connectivity index (χ1v) is 10.9. The summed E-state index contributed by atoms with van der Waals surface area (Å²) in [6.45, 7) is 4.25. The van der Waals surface area contributed by atoms with Crippen molar-refractivity contribution in [2.75, 3.05) is 12.8 Å². The Hall–Kier alpha value is -4.46. The third-order valence-corrected chi connectivity index (χ3v) is 5.73. The molecule has 0 unspecified atom stereocenters. The van der Waals surface area contributed by atoms with E-state index in [1.807, 2.05) is 80.6 Å². The number of pyridine rings is 1. The van der Waals surface area contributed by atoms with Crippen molar-refractivity contribution in [3.8, 4) is 28.1 Å². The van der Waals surface area contributed by atoms with Crippen LogP contribution in [0.3, 0.4) is 0 Å². The maximum atomic E-state index is 13.4. The minimum Gasteiger partial charge on any atom is -0.497 e. The summed E-state index contributed by atoms with van der Waals surface area (Å²) in [6, 6.07) is 21.4. The van der Waals surface area contributed by atoms with Crippen molar-refractivity contribution in [1.82, 2.24) is 19.7 Å². The summed E-state index contributed by atoms with van der Waals surface area (Å²) in [7, 11) is 1.62. The molecule has 34 heavy (non-hydrogen) atoms. The molecule has 0 aliphatic heterocycles. The Bertz CT molecular complexity index is 1530. The van der Waals surface area contributed by atoms with Crippen LogP contribution in [0, 0.1) is 13.8 Å². The van der Waals surface area contributed by atoms with E-state index in [1.165, 1.54) is 9.08 Å². The van der Waals surface area contributed by atoms with E-state index in [9.17, 15) is 4.79 Å². The Labute approximate surface area is 196 Å². The summed E-state index contributed by atoms with van der Waals surface area (Å²) >= 11 is 0. The van der Waals surface area contributed by atoms with Gasteiger partial charge < -0.3 is 10.5 Å². The molecule has 5 aromatic rings. The molecular weight excluding hydrogens is 428 g/mol. The lowest BCUT2D eigenvalue weighted by Crippen LogP contribution is -2.44. The van der Waals surface area contributed by atoms with E-state index in [-0.39, 0.29) is 11.6 Å². The monoisotopic (exact) mass is 453 g/mol. The molecule has 0 bridgehead atoms. The highest BCUT2D eigenvalue weighted by molar-refractivity contribution is 5.88. The number of aryl methyl sites for hydroxylation is 2. The van der Waals surface area contributed by atoms with Crippen molar-refractivity contribution >= 4 is 11.6 Å². The molecule has 8 heteroatoms. The Morgan fingerprint density at radius 1 is 0.971 bits per heavy atom. The summed E-state index contributed by atoms with van der Waals surface area (Å²) in [6.07, 6.45) is 0. The molecule has 8 nitrogen and oxygen atoms in total. The van der Waals surface area contributed by atoms with Crippen molar-refractivity contribution in [2.24, 2.45) is 0 Å². The molecule has 0 saturated heterocycles. The van der Waals surface area contributed by atoms with Gasteiger partial charge in [-0.2, -0.15) is 4.68 Å². The summed E-state index contributed by atoms with van der Waals surface area (Å²) in [5.74, 6) is 0.878. The summed E-state index contributed by atoms with van der Waals surface area (Å²) in [5, 5.41) is 3.29. The number of benzene rings is 2. The van der Waals surface area contributed by atoms with Gasteiger partial charge in [0.25, 0.3) is 0 Å². The maximum Gasteiger partial charge on any atom is 0.428 e. The van der Waals surface area contributed by atoms with E-state index in [0.717, 1.165) is 39.4 Å². The van der Waals surface area contributed by atoms with Gasteiger partial charge in [-0.05, 0) is 49.2 Å². The van der Waals surface area contributed by atoms with Gasteiger partial charge in [-0.15, -0.1) is 9.38 Å². The minimum atomic E-state index is -0.292. The van der Waals surface area contributed by atoms with Crippen molar-refractivity contribution in [2.45, 2.75) is 20.4 Å². The number of nitrogens with two attached hydrogens (primary N) is 1. The summed E-state index contributed by atoms with van der Waals surface area (Å²) < 4.78 is 8.20. The zero-order chi connectivity index (χ0) is 23.8. The lowest BCUT2D eigenvalue weighted by molar-refractivity contribution is -0.516. The molecule has 3 aromatic heterocycles. The fraction of sp³-hybridized carbons (Fsp3) is 0.154. The SMILES string of the molecule is COc1ccc(Cn2[nH]c3c(-c4cc(C)nc(C)c4)c(-c4ccccc4)nc(N)[n+]3c2=O)cc1. The van der Waals surface area contributed by atoms with Gasteiger partial charge in [0.2, 0.25) is 5.65 Å². The van der Waals surface area contributed by atoms with Gasteiger partial charge >= 0.3 is 11.6 Å². The highest BCUT2D eigenvalue weighted by atomic mass is 16.5. The highest BCUT2D eigenvalue weighted by Crippen LogP contribution is 2.33. The number of methoxy groups -OCH3 is 1. The second kappa shape index (κ2) is 8.47. The van der Waals surface area contributed by atoms with Crippen LogP contribution in [0.15, 0.2) is 71.5 Å². The number of rotatable bonds is 5. The second-order valence-electron chi connectivity index (χ2n) is 8.21. The molecule has 3 N–H and O–H groups in total. The first kappa shape index (κ1) is 21.4. The van der Waals surface area contributed by atoms with Gasteiger partial charge in [0.1, 0.15) is 18.0 Å². The number of nitrogens with one attached hydrogen (secondary N) is 1. The fourth-order valence-corrected chi connectivity index (χ4v) is 4.23. The van der Waals surface area contributed by atoms with Crippen LogP contribution in [0.4, 0.5) is 5.95 Å². The smallest absolute Gasteiger partial charge is 0.428 e. The molecule has 0 saturated carbocycles. The van der Waals surface area contributed by atoms with E-state index < -0.39 is 0 Å². The molecule has 3 heterocycles. The van der Waals surface area contributed by atoms with Gasteiger partial charge in [0.05, 0.1) is 12.7 Å². The van der Waals surface area contributed by atoms with Crippen LogP contribution in [0.5, 0.6) is 5.75 Å². The van der Waals surface area contributed by atoms with Crippen LogP contribution in [-0.2, 0) is 6.54 Å². The third kappa shape index (κ3) is 3.79. The van der Waals surface area contributed by atoms with Gasteiger partial charge in [0, 0.05) is 17.0 Å². The predicted molar refractivity (Wildman–Crippen MR) is 131 cm³/mol. The fourth-order valence-electron chi connectivity index (χ4n) is 4.23. The standard InChI is InChI=1S/C26H24N6O2/c1-16-13-20(14-17(2)28-16)22-23(19-7-5-4-6-8-19)29-25(27)32-24(22)30-31(26(32)33)15-18-9-11-21(34-3)12-10-18/h4-14H,15H2,1-3H3,(H2,27,28,29,30)/p+1. The molecule has 0 radical (unpaired) electrons. The Morgan fingerprint density at radius 3 is 2.29 bits per heavy atom. The van der Waals surface area contributed by atoms with Crippen molar-refractivity contribution in [3.63, 3.8) is 0 Å². The van der Waals surface area contributed by atoms with Crippen LogP contribution >= 0.6 is 0 Å². The molecule has 0 fully saturated rings. The van der Waals surface area contributed by atoms with Crippen LogP contribution in [0.25, 0.3) is 28.0 Å². The molecule has 0 aliphatic rings. The number of H-pyrrole nitrogens is 1. The molecule has 5 rings (SSSR count). The van der Waals surface area contributed by atoms with Gasteiger partial charge in [-0.3, -0.25) is 4.98 Å². The molecule has 0 amide bonds. The first-order chi connectivity index (χ1) is 16.4. The van der Waals surface area contributed by atoms with Gasteiger partial charge in [-0.25, -0.2) is 9.89 Å². The largest absolute Gasteiger partial charge is 0.497 e. The number of fused-ring (bicyclic) bond motifs is 1. The zero-order valence-corrected chi connectivity index (χ0v) is 19.2. The van der Waals surface area contributed by atoms with E-state index in [2.05, 4.69) is 15.1 Å². The lowest BCUT2D eigenvalue weighted by Gasteiger charge is -2.10. The summed E-state index contributed by atoms with van der Waals surface area (Å²) in [5.41, 5.74) is 12.6. The number of aromatic nitrogens is 5. The van der Waals surface area contributed by atoms with Crippen molar-refractivity contribution < 1.29 is 9.14 Å².